The number of halogens is 1. The summed E-state index contributed by atoms with van der Waals surface area (Å²) < 4.78 is 4.36. The zero-order valence-electron chi connectivity index (χ0n) is 14.8. The average Bonchev–Trinajstić information content (AvgIpc) is 3.31. The molecule has 1 aliphatic rings. The van der Waals surface area contributed by atoms with Crippen LogP contribution in [-0.4, -0.2) is 50.7 Å². The minimum Gasteiger partial charge on any atom is -0.351 e. The lowest BCUT2D eigenvalue weighted by Gasteiger charge is -2.35. The highest BCUT2D eigenvalue weighted by atomic mass is 79.9. The Kier molecular flexibility index (Phi) is 4.20. The summed E-state index contributed by atoms with van der Waals surface area (Å²) in [6, 6.07) is 6.24. The van der Waals surface area contributed by atoms with E-state index in [0.29, 0.717) is 0 Å². The van der Waals surface area contributed by atoms with E-state index in [-0.39, 0.29) is 0 Å². The topological polar surface area (TPSA) is 63.0 Å². The van der Waals surface area contributed by atoms with Gasteiger partial charge >= 0.3 is 0 Å². The highest BCUT2D eigenvalue weighted by Crippen LogP contribution is 2.32. The standard InChI is InChI=1S/C18H18BrN7S/c1-2-24-11-22-15-16(24)20-10-21-17(15)25-5-7-26(8-6-25)18-23-13-4-3-12(19)9-14(13)27-18/h3-4,9-11H,2,5-8H2,1H3. The lowest BCUT2D eigenvalue weighted by atomic mass is 10.3. The van der Waals surface area contributed by atoms with Gasteiger partial charge in [-0.2, -0.15) is 0 Å². The van der Waals surface area contributed by atoms with E-state index in [4.69, 9.17) is 4.98 Å². The molecule has 27 heavy (non-hydrogen) atoms. The third kappa shape index (κ3) is 2.94. The van der Waals surface area contributed by atoms with Gasteiger partial charge in [0.05, 0.1) is 16.5 Å². The molecule has 3 aromatic heterocycles. The SMILES string of the molecule is CCn1cnc2c(N3CCN(c4nc5ccc(Br)cc5s4)CC3)ncnc21. The number of nitrogens with zero attached hydrogens (tertiary/aromatic N) is 7. The first-order chi connectivity index (χ1) is 13.2. The minimum atomic E-state index is 0.856. The summed E-state index contributed by atoms with van der Waals surface area (Å²) in [6.07, 6.45) is 3.49. The summed E-state index contributed by atoms with van der Waals surface area (Å²) in [5, 5.41) is 1.09. The Labute approximate surface area is 168 Å². The molecular weight excluding hydrogens is 426 g/mol. The van der Waals surface area contributed by atoms with E-state index in [1.54, 1.807) is 17.7 Å². The third-order valence-corrected chi connectivity index (χ3v) is 6.48. The largest absolute Gasteiger partial charge is 0.351 e. The van der Waals surface area contributed by atoms with Crippen molar-refractivity contribution in [3.63, 3.8) is 0 Å². The summed E-state index contributed by atoms with van der Waals surface area (Å²) in [5.41, 5.74) is 2.85. The number of hydrogen-bond donors (Lipinski definition) is 0. The monoisotopic (exact) mass is 443 g/mol. The van der Waals surface area contributed by atoms with Gasteiger partial charge in [-0.15, -0.1) is 0 Å². The predicted molar refractivity (Wildman–Crippen MR) is 113 cm³/mol. The molecule has 9 heteroatoms. The van der Waals surface area contributed by atoms with Crippen molar-refractivity contribution in [2.45, 2.75) is 13.5 Å². The number of fused-ring (bicyclic) bond motifs is 2. The number of aryl methyl sites for hydroxylation is 1. The molecule has 138 valence electrons. The van der Waals surface area contributed by atoms with Crippen molar-refractivity contribution >= 4 is 59.6 Å². The highest BCUT2D eigenvalue weighted by molar-refractivity contribution is 9.10. The number of thiazole rings is 1. The van der Waals surface area contributed by atoms with Gasteiger partial charge in [0, 0.05) is 37.2 Å². The van der Waals surface area contributed by atoms with Gasteiger partial charge in [0.25, 0.3) is 0 Å². The van der Waals surface area contributed by atoms with Crippen LogP contribution in [0.4, 0.5) is 10.9 Å². The Balaban J connectivity index is 1.37. The van der Waals surface area contributed by atoms with E-state index in [9.17, 15) is 0 Å². The first-order valence-electron chi connectivity index (χ1n) is 8.95. The first-order valence-corrected chi connectivity index (χ1v) is 10.6. The summed E-state index contributed by atoms with van der Waals surface area (Å²) >= 11 is 5.29. The number of aromatic nitrogens is 5. The van der Waals surface area contributed by atoms with Crippen LogP contribution in [0.1, 0.15) is 6.92 Å². The number of piperazine rings is 1. The fraction of sp³-hybridized carbons (Fsp3) is 0.333. The Morgan fingerprint density at radius 1 is 1.07 bits per heavy atom. The smallest absolute Gasteiger partial charge is 0.186 e. The van der Waals surface area contributed by atoms with Gasteiger partial charge in [0.2, 0.25) is 0 Å². The maximum atomic E-state index is 4.80. The van der Waals surface area contributed by atoms with Crippen molar-refractivity contribution in [1.82, 2.24) is 24.5 Å². The van der Waals surface area contributed by atoms with Crippen molar-refractivity contribution in [3.8, 4) is 0 Å². The van der Waals surface area contributed by atoms with Crippen molar-refractivity contribution < 1.29 is 0 Å². The molecule has 0 bridgehead atoms. The molecule has 0 N–H and O–H groups in total. The molecule has 0 spiro atoms. The van der Waals surface area contributed by atoms with E-state index in [0.717, 1.165) is 64.8 Å². The first kappa shape index (κ1) is 16.9. The molecule has 1 fully saturated rings. The van der Waals surface area contributed by atoms with Crippen molar-refractivity contribution in [3.05, 3.63) is 35.3 Å². The zero-order chi connectivity index (χ0) is 18.4. The van der Waals surface area contributed by atoms with Gasteiger partial charge in [-0.1, -0.05) is 27.3 Å². The highest BCUT2D eigenvalue weighted by Gasteiger charge is 2.23. The summed E-state index contributed by atoms with van der Waals surface area (Å²) in [6.45, 7) is 6.57. The Bertz CT molecular complexity index is 1110. The third-order valence-electron chi connectivity index (χ3n) is 4.91. The summed E-state index contributed by atoms with van der Waals surface area (Å²) in [7, 11) is 0. The van der Waals surface area contributed by atoms with Crippen LogP contribution >= 0.6 is 27.3 Å². The van der Waals surface area contributed by atoms with Crippen molar-refractivity contribution in [2.24, 2.45) is 0 Å². The molecule has 1 aliphatic heterocycles. The molecule has 0 unspecified atom stereocenters. The maximum Gasteiger partial charge on any atom is 0.186 e. The Morgan fingerprint density at radius 2 is 1.89 bits per heavy atom. The van der Waals surface area contributed by atoms with Gasteiger partial charge in [-0.05, 0) is 25.1 Å². The van der Waals surface area contributed by atoms with Crippen LogP contribution < -0.4 is 9.80 Å². The van der Waals surface area contributed by atoms with Gasteiger partial charge in [0.1, 0.15) is 6.33 Å². The maximum absolute atomic E-state index is 4.80. The molecule has 5 rings (SSSR count). The van der Waals surface area contributed by atoms with Crippen LogP contribution in [0.3, 0.4) is 0 Å². The van der Waals surface area contributed by atoms with E-state index < -0.39 is 0 Å². The zero-order valence-corrected chi connectivity index (χ0v) is 17.2. The lowest BCUT2D eigenvalue weighted by molar-refractivity contribution is 0.647. The van der Waals surface area contributed by atoms with Crippen LogP contribution in [0.5, 0.6) is 0 Å². The van der Waals surface area contributed by atoms with Crippen LogP contribution in [0.15, 0.2) is 35.3 Å². The number of imidazole rings is 1. The molecule has 1 aromatic carbocycles. The van der Waals surface area contributed by atoms with E-state index >= 15 is 0 Å². The molecule has 0 radical (unpaired) electrons. The van der Waals surface area contributed by atoms with E-state index in [2.05, 4.69) is 64.3 Å². The molecule has 7 nitrogen and oxygen atoms in total. The van der Waals surface area contributed by atoms with Crippen LogP contribution in [0, 0.1) is 0 Å². The summed E-state index contributed by atoms with van der Waals surface area (Å²) in [4.78, 5) is 22.9. The van der Waals surface area contributed by atoms with Crippen molar-refractivity contribution in [2.75, 3.05) is 36.0 Å². The van der Waals surface area contributed by atoms with Gasteiger partial charge in [-0.25, -0.2) is 19.9 Å². The molecular formula is C18H18BrN7S. The lowest BCUT2D eigenvalue weighted by Crippen LogP contribution is -2.46. The number of anilines is 2. The number of hydrogen-bond acceptors (Lipinski definition) is 7. The number of benzene rings is 1. The quantitative estimate of drug-likeness (QED) is 0.482. The fourth-order valence-electron chi connectivity index (χ4n) is 3.46. The van der Waals surface area contributed by atoms with Crippen LogP contribution in [-0.2, 0) is 6.54 Å². The van der Waals surface area contributed by atoms with Gasteiger partial charge < -0.3 is 14.4 Å². The second kappa shape index (κ2) is 6.72. The van der Waals surface area contributed by atoms with Crippen LogP contribution in [0.25, 0.3) is 21.4 Å². The molecule has 4 heterocycles. The number of rotatable bonds is 3. The molecule has 4 aromatic rings. The normalized spacial score (nSPS) is 15.2. The Morgan fingerprint density at radius 3 is 2.70 bits per heavy atom. The van der Waals surface area contributed by atoms with Gasteiger partial charge in [0.15, 0.2) is 22.1 Å². The van der Waals surface area contributed by atoms with E-state index in [1.807, 2.05) is 12.4 Å². The summed E-state index contributed by atoms with van der Waals surface area (Å²) in [5.74, 6) is 0.931. The second-order valence-corrected chi connectivity index (χ2v) is 8.41. The van der Waals surface area contributed by atoms with Gasteiger partial charge in [-0.3, -0.25) is 0 Å². The van der Waals surface area contributed by atoms with Crippen LogP contribution in [0.2, 0.25) is 0 Å². The Hall–Kier alpha value is -2.26. The molecule has 0 amide bonds. The molecule has 0 atom stereocenters. The molecule has 0 aliphatic carbocycles. The van der Waals surface area contributed by atoms with E-state index in [1.165, 1.54) is 4.70 Å². The predicted octanol–water partition coefficient (Wildman–Crippen LogP) is 3.55. The average molecular weight is 444 g/mol. The second-order valence-electron chi connectivity index (χ2n) is 6.48. The fourth-order valence-corrected chi connectivity index (χ4v) is 5.03. The molecule has 1 saturated heterocycles. The molecule has 0 saturated carbocycles. The minimum absolute atomic E-state index is 0.856. The van der Waals surface area contributed by atoms with Crippen molar-refractivity contribution in [1.29, 1.82) is 0 Å².